The van der Waals surface area contributed by atoms with E-state index in [0.29, 0.717) is 17.4 Å². The third-order valence-electron chi connectivity index (χ3n) is 4.67. The van der Waals surface area contributed by atoms with Gasteiger partial charge in [-0.3, -0.25) is 4.79 Å². The van der Waals surface area contributed by atoms with Gasteiger partial charge in [0.1, 0.15) is 6.33 Å². The van der Waals surface area contributed by atoms with Crippen LogP contribution >= 0.6 is 0 Å². The molecule has 7 nitrogen and oxygen atoms in total. The maximum atomic E-state index is 12.8. The van der Waals surface area contributed by atoms with Gasteiger partial charge in [-0.1, -0.05) is 6.07 Å². The van der Waals surface area contributed by atoms with Gasteiger partial charge in [0.25, 0.3) is 5.91 Å². The molecule has 0 fully saturated rings. The summed E-state index contributed by atoms with van der Waals surface area (Å²) in [6, 6.07) is 7.79. The molecule has 0 saturated carbocycles. The third-order valence-corrected chi connectivity index (χ3v) is 4.67. The van der Waals surface area contributed by atoms with Gasteiger partial charge in [0.05, 0.1) is 11.8 Å². The summed E-state index contributed by atoms with van der Waals surface area (Å²) in [5.74, 6) is -0.725. The molecule has 0 atom stereocenters. The highest BCUT2D eigenvalue weighted by Gasteiger charge is 2.33. The molecule has 0 aliphatic carbocycles. The number of nitrogens with zero attached hydrogens (tertiary/aromatic N) is 5. The number of amides is 1. The minimum absolute atomic E-state index is 0.245. The van der Waals surface area contributed by atoms with E-state index in [1.54, 1.807) is 18.3 Å². The van der Waals surface area contributed by atoms with Crippen molar-refractivity contribution in [2.75, 3.05) is 5.32 Å². The molecule has 10 heteroatoms. The van der Waals surface area contributed by atoms with E-state index >= 15 is 0 Å². The Morgan fingerprint density at radius 2 is 1.84 bits per heavy atom. The number of hydrogen-bond acceptors (Lipinski definition) is 6. The molecule has 0 aliphatic heterocycles. The van der Waals surface area contributed by atoms with Crippen molar-refractivity contribution >= 4 is 22.6 Å². The molecule has 3 heterocycles. The zero-order valence-corrected chi connectivity index (χ0v) is 16.4. The van der Waals surface area contributed by atoms with Crippen molar-refractivity contribution in [3.8, 4) is 11.1 Å². The maximum Gasteiger partial charge on any atom is 0.435 e. The number of hydrogen-bond donors (Lipinski definition) is 1. The predicted molar refractivity (Wildman–Crippen MR) is 107 cm³/mol. The Morgan fingerprint density at radius 1 is 1.03 bits per heavy atom. The van der Waals surface area contributed by atoms with Crippen molar-refractivity contribution in [2.45, 2.75) is 20.0 Å². The number of halogens is 3. The molecule has 3 aromatic heterocycles. The minimum Gasteiger partial charge on any atom is -0.322 e. The molecule has 1 amide bonds. The quantitative estimate of drug-likeness (QED) is 0.525. The molecule has 0 unspecified atom stereocenters. The van der Waals surface area contributed by atoms with Gasteiger partial charge in [-0.2, -0.15) is 18.3 Å². The number of aromatic nitrogens is 5. The molecular formula is C21H15F3N6O. The van der Waals surface area contributed by atoms with Crippen molar-refractivity contribution in [1.29, 1.82) is 0 Å². The summed E-state index contributed by atoms with van der Waals surface area (Å²) in [6.45, 7) is 3.76. The van der Waals surface area contributed by atoms with Crippen molar-refractivity contribution in [1.82, 2.24) is 25.1 Å². The number of carbonyl (C=O) groups excluding carboxylic acids is 1. The molecule has 1 aromatic carbocycles. The lowest BCUT2D eigenvalue weighted by atomic mass is 9.98. The van der Waals surface area contributed by atoms with E-state index in [4.69, 9.17) is 0 Å². The Hall–Kier alpha value is -3.95. The van der Waals surface area contributed by atoms with Gasteiger partial charge in [0, 0.05) is 28.5 Å². The van der Waals surface area contributed by atoms with Crippen LogP contribution in [0.4, 0.5) is 18.9 Å². The van der Waals surface area contributed by atoms with E-state index in [1.165, 1.54) is 6.33 Å². The average molecular weight is 424 g/mol. The van der Waals surface area contributed by atoms with E-state index in [2.05, 4.69) is 30.5 Å². The minimum atomic E-state index is -4.69. The van der Waals surface area contributed by atoms with Gasteiger partial charge in [0.2, 0.25) is 0 Å². The van der Waals surface area contributed by atoms with Crippen LogP contribution in [0.15, 0.2) is 49.1 Å². The number of anilines is 1. The van der Waals surface area contributed by atoms with Crippen LogP contribution in [0, 0.1) is 13.8 Å². The number of fused-ring (bicyclic) bond motifs is 1. The first-order chi connectivity index (χ1) is 14.7. The van der Waals surface area contributed by atoms with Crippen LogP contribution in [0.25, 0.3) is 22.2 Å². The zero-order valence-electron chi connectivity index (χ0n) is 16.4. The summed E-state index contributed by atoms with van der Waals surface area (Å²) in [5.41, 5.74) is 2.84. The highest BCUT2D eigenvalue weighted by Crippen LogP contribution is 2.31. The Balaban J connectivity index is 1.68. The number of aryl methyl sites for hydroxylation is 2. The number of rotatable bonds is 3. The number of alkyl halides is 3. The standard InChI is InChI=1S/C21H15F3N6O/c1-11-3-4-15(29-20(31)14-6-18(21(22,23)24)30-27-9-14)7-16(11)17-5-13-8-25-10-26-19(13)28-12(17)2/h3-10H,1-2H3,(H,29,31). The second kappa shape index (κ2) is 7.71. The predicted octanol–water partition coefficient (Wildman–Crippen LogP) is 4.37. The molecule has 31 heavy (non-hydrogen) atoms. The molecule has 0 radical (unpaired) electrons. The SMILES string of the molecule is Cc1ccc(NC(=O)c2cnnc(C(F)(F)F)c2)cc1-c1cc2cncnc2nc1C. The van der Waals surface area contributed by atoms with Crippen LogP contribution in [0.1, 0.15) is 27.3 Å². The fraction of sp³-hybridized carbons (Fsp3) is 0.143. The highest BCUT2D eigenvalue weighted by atomic mass is 19.4. The second-order valence-electron chi connectivity index (χ2n) is 6.87. The van der Waals surface area contributed by atoms with Crippen LogP contribution in [0.5, 0.6) is 0 Å². The largest absolute Gasteiger partial charge is 0.435 e. The van der Waals surface area contributed by atoms with Gasteiger partial charge in [0.15, 0.2) is 11.3 Å². The number of pyridine rings is 1. The Kier molecular flexibility index (Phi) is 5.05. The first kappa shape index (κ1) is 20.3. The van der Waals surface area contributed by atoms with E-state index in [9.17, 15) is 18.0 Å². The lowest BCUT2D eigenvalue weighted by Crippen LogP contribution is -2.16. The number of carbonyl (C=O) groups is 1. The summed E-state index contributed by atoms with van der Waals surface area (Å²) < 4.78 is 38.5. The van der Waals surface area contributed by atoms with Crippen LogP contribution < -0.4 is 5.32 Å². The third kappa shape index (κ3) is 4.18. The van der Waals surface area contributed by atoms with E-state index < -0.39 is 17.8 Å². The molecule has 4 aromatic rings. The summed E-state index contributed by atoms with van der Waals surface area (Å²) in [5, 5.41) is 9.69. The fourth-order valence-electron chi connectivity index (χ4n) is 3.10. The number of benzene rings is 1. The van der Waals surface area contributed by atoms with E-state index in [0.717, 1.165) is 34.0 Å². The summed E-state index contributed by atoms with van der Waals surface area (Å²) in [7, 11) is 0. The maximum absolute atomic E-state index is 12.8. The van der Waals surface area contributed by atoms with Crippen LogP contribution in [0.2, 0.25) is 0 Å². The van der Waals surface area contributed by atoms with Crippen molar-refractivity contribution in [3.05, 3.63) is 71.6 Å². The normalized spacial score (nSPS) is 11.5. The van der Waals surface area contributed by atoms with Crippen molar-refractivity contribution in [2.24, 2.45) is 0 Å². The molecular weight excluding hydrogens is 409 g/mol. The van der Waals surface area contributed by atoms with Gasteiger partial charge in [-0.15, -0.1) is 5.10 Å². The fourth-order valence-corrected chi connectivity index (χ4v) is 3.10. The molecule has 1 N–H and O–H groups in total. The van der Waals surface area contributed by atoms with Crippen LogP contribution in [-0.2, 0) is 6.18 Å². The highest BCUT2D eigenvalue weighted by molar-refractivity contribution is 6.04. The van der Waals surface area contributed by atoms with Gasteiger partial charge in [-0.25, -0.2) is 15.0 Å². The van der Waals surface area contributed by atoms with Gasteiger partial charge in [-0.05, 0) is 49.2 Å². The smallest absolute Gasteiger partial charge is 0.322 e. The summed E-state index contributed by atoms with van der Waals surface area (Å²) in [4.78, 5) is 25.2. The van der Waals surface area contributed by atoms with Crippen molar-refractivity contribution < 1.29 is 18.0 Å². The monoisotopic (exact) mass is 424 g/mol. The van der Waals surface area contributed by atoms with Crippen molar-refractivity contribution in [3.63, 3.8) is 0 Å². The summed E-state index contributed by atoms with van der Waals surface area (Å²) in [6.07, 6.45) is -0.621. The second-order valence-corrected chi connectivity index (χ2v) is 6.87. The zero-order chi connectivity index (χ0) is 22.2. The Morgan fingerprint density at radius 3 is 2.61 bits per heavy atom. The first-order valence-corrected chi connectivity index (χ1v) is 9.12. The molecule has 0 bridgehead atoms. The van der Waals surface area contributed by atoms with Gasteiger partial charge >= 0.3 is 6.18 Å². The molecule has 0 saturated heterocycles. The van der Waals surface area contributed by atoms with E-state index in [-0.39, 0.29) is 5.56 Å². The van der Waals surface area contributed by atoms with E-state index in [1.807, 2.05) is 26.0 Å². The first-order valence-electron chi connectivity index (χ1n) is 9.12. The lowest BCUT2D eigenvalue weighted by molar-refractivity contribution is -0.141. The molecule has 156 valence electrons. The van der Waals surface area contributed by atoms with Gasteiger partial charge < -0.3 is 5.32 Å². The Labute approximate surface area is 174 Å². The summed E-state index contributed by atoms with van der Waals surface area (Å²) >= 11 is 0. The number of nitrogens with one attached hydrogen (secondary N) is 1. The average Bonchev–Trinajstić information content (AvgIpc) is 2.74. The van der Waals surface area contributed by atoms with Crippen LogP contribution in [0.3, 0.4) is 0 Å². The lowest BCUT2D eigenvalue weighted by Gasteiger charge is -2.13. The molecule has 0 aliphatic rings. The Bertz CT molecular complexity index is 1310. The van der Waals surface area contributed by atoms with Crippen LogP contribution in [-0.4, -0.2) is 31.1 Å². The molecule has 4 rings (SSSR count). The molecule has 0 spiro atoms. The topological polar surface area (TPSA) is 93.6 Å².